The highest BCUT2D eigenvalue weighted by molar-refractivity contribution is 5.96. The van der Waals surface area contributed by atoms with Gasteiger partial charge in [-0.2, -0.15) is 0 Å². The first-order valence-electron chi connectivity index (χ1n) is 7.28. The molecule has 0 heterocycles. The van der Waals surface area contributed by atoms with Gasteiger partial charge in [0, 0.05) is 11.6 Å². The van der Waals surface area contributed by atoms with Crippen LogP contribution in [-0.4, -0.2) is 20.1 Å². The van der Waals surface area contributed by atoms with Crippen molar-refractivity contribution in [1.82, 2.24) is 5.32 Å². The van der Waals surface area contributed by atoms with E-state index in [0.29, 0.717) is 17.1 Å². The molecule has 1 aliphatic rings. The maximum Gasteiger partial charge on any atom is 0.252 e. The van der Waals surface area contributed by atoms with Crippen LogP contribution in [0.15, 0.2) is 48.5 Å². The number of carbonyl (C=O) groups excluding carboxylic acids is 1. The van der Waals surface area contributed by atoms with Crippen molar-refractivity contribution in [3.8, 4) is 11.5 Å². The monoisotopic (exact) mass is 297 g/mol. The summed E-state index contributed by atoms with van der Waals surface area (Å²) in [6.45, 7) is 0. The minimum atomic E-state index is -0.228. The Labute approximate surface area is 130 Å². The van der Waals surface area contributed by atoms with Crippen molar-refractivity contribution in [2.45, 2.75) is 18.4 Å². The predicted octanol–water partition coefficient (Wildman–Crippen LogP) is 3.12. The summed E-state index contributed by atoms with van der Waals surface area (Å²) in [6, 6.07) is 15.3. The maximum atomic E-state index is 12.6. The van der Waals surface area contributed by atoms with E-state index in [2.05, 4.69) is 17.4 Å². The lowest BCUT2D eigenvalue weighted by molar-refractivity contribution is 0.0930. The van der Waals surface area contributed by atoms with E-state index >= 15 is 0 Å². The van der Waals surface area contributed by atoms with Crippen molar-refractivity contribution < 1.29 is 14.3 Å². The van der Waals surface area contributed by atoms with Gasteiger partial charge >= 0.3 is 0 Å². The van der Waals surface area contributed by atoms with Gasteiger partial charge in [0.15, 0.2) is 0 Å². The number of rotatable bonds is 5. The topological polar surface area (TPSA) is 47.6 Å². The zero-order valence-corrected chi connectivity index (χ0v) is 12.8. The summed E-state index contributed by atoms with van der Waals surface area (Å²) in [7, 11) is 3.14. The van der Waals surface area contributed by atoms with E-state index in [1.54, 1.807) is 32.4 Å². The van der Waals surface area contributed by atoms with Crippen LogP contribution in [0.3, 0.4) is 0 Å². The molecule has 3 rings (SSSR count). The van der Waals surface area contributed by atoms with E-state index in [4.69, 9.17) is 9.47 Å². The van der Waals surface area contributed by atoms with E-state index in [9.17, 15) is 4.79 Å². The SMILES string of the molecule is COc1cc(OC)cc(C(=O)NC2(c3ccccc3)CC2)c1. The van der Waals surface area contributed by atoms with Gasteiger partial charge in [-0.1, -0.05) is 30.3 Å². The van der Waals surface area contributed by atoms with Crippen molar-refractivity contribution >= 4 is 5.91 Å². The first-order valence-corrected chi connectivity index (χ1v) is 7.28. The summed E-state index contributed by atoms with van der Waals surface area (Å²) in [6.07, 6.45) is 1.92. The molecule has 1 fully saturated rings. The van der Waals surface area contributed by atoms with Crippen molar-refractivity contribution in [3.05, 3.63) is 59.7 Å². The fourth-order valence-corrected chi connectivity index (χ4v) is 2.60. The molecule has 2 aromatic rings. The van der Waals surface area contributed by atoms with Gasteiger partial charge in [0.1, 0.15) is 11.5 Å². The zero-order valence-electron chi connectivity index (χ0n) is 12.8. The number of carbonyl (C=O) groups is 1. The Balaban J connectivity index is 1.83. The lowest BCUT2D eigenvalue weighted by Gasteiger charge is -2.18. The van der Waals surface area contributed by atoms with Gasteiger partial charge in [-0.15, -0.1) is 0 Å². The maximum absolute atomic E-state index is 12.6. The van der Waals surface area contributed by atoms with Crippen LogP contribution in [0.1, 0.15) is 28.8 Å². The normalized spacial score (nSPS) is 15.0. The molecular weight excluding hydrogens is 278 g/mol. The molecule has 0 bridgehead atoms. The van der Waals surface area contributed by atoms with E-state index < -0.39 is 0 Å². The van der Waals surface area contributed by atoms with Gasteiger partial charge in [0.25, 0.3) is 5.91 Å². The minimum Gasteiger partial charge on any atom is -0.497 e. The standard InChI is InChI=1S/C18H19NO3/c1-21-15-10-13(11-16(12-15)22-2)17(20)19-18(8-9-18)14-6-4-3-5-7-14/h3-7,10-12H,8-9H2,1-2H3,(H,19,20). The summed E-state index contributed by atoms with van der Waals surface area (Å²) in [5, 5.41) is 3.15. The van der Waals surface area contributed by atoms with Crippen LogP contribution in [0.5, 0.6) is 11.5 Å². The molecule has 0 unspecified atom stereocenters. The Morgan fingerprint density at radius 2 is 1.59 bits per heavy atom. The van der Waals surface area contributed by atoms with Crippen LogP contribution >= 0.6 is 0 Å². The lowest BCUT2D eigenvalue weighted by atomic mass is 10.0. The third-order valence-electron chi connectivity index (χ3n) is 4.04. The molecule has 0 spiro atoms. The molecule has 1 aliphatic carbocycles. The van der Waals surface area contributed by atoms with E-state index in [1.165, 1.54) is 0 Å². The number of methoxy groups -OCH3 is 2. The quantitative estimate of drug-likeness (QED) is 0.922. The molecular formula is C18H19NO3. The second kappa shape index (κ2) is 5.72. The number of nitrogens with one attached hydrogen (secondary N) is 1. The Kier molecular flexibility index (Phi) is 3.75. The third-order valence-corrected chi connectivity index (χ3v) is 4.04. The van der Waals surface area contributed by atoms with Gasteiger partial charge in [-0.3, -0.25) is 4.79 Å². The summed E-state index contributed by atoms with van der Waals surface area (Å²) < 4.78 is 10.4. The van der Waals surface area contributed by atoms with Gasteiger partial charge in [0.05, 0.1) is 19.8 Å². The second-order valence-corrected chi connectivity index (χ2v) is 5.50. The summed E-state index contributed by atoms with van der Waals surface area (Å²) >= 11 is 0. The predicted molar refractivity (Wildman–Crippen MR) is 84.4 cm³/mol. The minimum absolute atomic E-state index is 0.112. The fraction of sp³-hybridized carbons (Fsp3) is 0.278. The molecule has 1 amide bonds. The van der Waals surface area contributed by atoms with Crippen LogP contribution < -0.4 is 14.8 Å². The van der Waals surface area contributed by atoms with Crippen molar-refractivity contribution in [2.75, 3.05) is 14.2 Å². The van der Waals surface area contributed by atoms with Gasteiger partial charge < -0.3 is 14.8 Å². The Morgan fingerprint density at radius 3 is 2.09 bits per heavy atom. The van der Waals surface area contributed by atoms with Crippen LogP contribution in [0.25, 0.3) is 0 Å². The molecule has 22 heavy (non-hydrogen) atoms. The molecule has 114 valence electrons. The molecule has 1 N–H and O–H groups in total. The molecule has 4 nitrogen and oxygen atoms in total. The summed E-state index contributed by atoms with van der Waals surface area (Å²) in [5.74, 6) is 1.10. The highest BCUT2D eigenvalue weighted by Gasteiger charge is 2.45. The molecule has 0 radical (unpaired) electrons. The second-order valence-electron chi connectivity index (χ2n) is 5.50. The molecule has 0 atom stereocenters. The van der Waals surface area contributed by atoms with Crippen molar-refractivity contribution in [1.29, 1.82) is 0 Å². The Morgan fingerprint density at radius 1 is 1.00 bits per heavy atom. The number of ether oxygens (including phenoxy) is 2. The van der Waals surface area contributed by atoms with Gasteiger partial charge in [-0.25, -0.2) is 0 Å². The van der Waals surface area contributed by atoms with E-state index in [1.807, 2.05) is 18.2 Å². The van der Waals surface area contributed by atoms with Crippen molar-refractivity contribution in [3.63, 3.8) is 0 Å². The first kappa shape index (κ1) is 14.4. The molecule has 2 aromatic carbocycles. The highest BCUT2D eigenvalue weighted by Crippen LogP contribution is 2.45. The van der Waals surface area contributed by atoms with Crippen molar-refractivity contribution in [2.24, 2.45) is 0 Å². The fourth-order valence-electron chi connectivity index (χ4n) is 2.60. The number of hydrogen-bond acceptors (Lipinski definition) is 3. The summed E-state index contributed by atoms with van der Waals surface area (Å²) in [4.78, 5) is 12.6. The Bertz CT molecular complexity index is 656. The average Bonchev–Trinajstić information content (AvgIpc) is 3.35. The molecule has 1 saturated carbocycles. The largest absolute Gasteiger partial charge is 0.497 e. The number of amides is 1. The highest BCUT2D eigenvalue weighted by atomic mass is 16.5. The zero-order chi connectivity index (χ0) is 15.6. The lowest BCUT2D eigenvalue weighted by Crippen LogP contribution is -2.34. The van der Waals surface area contributed by atoms with Gasteiger partial charge in [0.2, 0.25) is 0 Å². The molecule has 0 aliphatic heterocycles. The third kappa shape index (κ3) is 2.77. The average molecular weight is 297 g/mol. The van der Waals surface area contributed by atoms with Gasteiger partial charge in [-0.05, 0) is 30.5 Å². The summed E-state index contributed by atoms with van der Waals surface area (Å²) in [5.41, 5.74) is 1.46. The first-order chi connectivity index (χ1) is 10.7. The number of hydrogen-bond donors (Lipinski definition) is 1. The van der Waals surface area contributed by atoms with E-state index in [-0.39, 0.29) is 11.4 Å². The van der Waals surface area contributed by atoms with E-state index in [0.717, 1.165) is 18.4 Å². The van der Waals surface area contributed by atoms with Crippen LogP contribution in [0, 0.1) is 0 Å². The van der Waals surface area contributed by atoms with Crippen LogP contribution in [-0.2, 0) is 5.54 Å². The smallest absolute Gasteiger partial charge is 0.252 e. The Hall–Kier alpha value is -2.49. The molecule has 0 aromatic heterocycles. The van der Waals surface area contributed by atoms with Crippen LogP contribution in [0.2, 0.25) is 0 Å². The number of benzene rings is 2. The molecule has 4 heteroatoms. The van der Waals surface area contributed by atoms with Crippen LogP contribution in [0.4, 0.5) is 0 Å². The molecule has 0 saturated heterocycles.